The van der Waals surface area contributed by atoms with Crippen LogP contribution >= 0.6 is 0 Å². The Morgan fingerprint density at radius 2 is 1.85 bits per heavy atom. The van der Waals surface area contributed by atoms with Crippen molar-refractivity contribution in [2.75, 3.05) is 13.1 Å². The summed E-state index contributed by atoms with van der Waals surface area (Å²) in [6, 6.07) is 11.8. The second-order valence-electron chi connectivity index (χ2n) is 8.86. The van der Waals surface area contributed by atoms with E-state index in [0.717, 1.165) is 41.4 Å². The van der Waals surface area contributed by atoms with Crippen LogP contribution in [0.3, 0.4) is 0 Å². The molecule has 1 saturated heterocycles. The Labute approximate surface area is 197 Å². The molecule has 34 heavy (non-hydrogen) atoms. The number of alkyl halides is 3. The molecule has 0 bridgehead atoms. The number of aryl methyl sites for hydroxylation is 2. The first kappa shape index (κ1) is 23.8. The molecule has 1 aliphatic rings. The number of imidazole rings is 1. The molecule has 4 rings (SSSR count). The zero-order chi connectivity index (χ0) is 24.3. The molecule has 0 spiro atoms. The van der Waals surface area contributed by atoms with Crippen molar-refractivity contribution in [3.05, 3.63) is 94.6 Å². The van der Waals surface area contributed by atoms with Crippen LogP contribution in [-0.4, -0.2) is 33.4 Å². The van der Waals surface area contributed by atoms with Crippen molar-refractivity contribution in [3.63, 3.8) is 0 Å². The van der Waals surface area contributed by atoms with Crippen LogP contribution in [-0.2, 0) is 17.5 Å². The summed E-state index contributed by atoms with van der Waals surface area (Å²) in [5.74, 6) is 0.844. The molecule has 1 aromatic heterocycles. The average molecular weight is 468 g/mol. The van der Waals surface area contributed by atoms with E-state index in [0.29, 0.717) is 13.1 Å². The largest absolute Gasteiger partial charge is 0.416 e. The van der Waals surface area contributed by atoms with E-state index in [-0.39, 0.29) is 23.9 Å². The zero-order valence-electron chi connectivity index (χ0n) is 19.3. The third-order valence-corrected chi connectivity index (χ3v) is 6.42. The van der Waals surface area contributed by atoms with Gasteiger partial charge in [-0.15, -0.1) is 0 Å². The lowest BCUT2D eigenvalue weighted by Gasteiger charge is -2.31. The fraction of sp³-hybridized carbons (Fsp3) is 0.333. The van der Waals surface area contributed by atoms with Gasteiger partial charge in [-0.2, -0.15) is 13.2 Å². The molecule has 1 amide bonds. The van der Waals surface area contributed by atoms with Gasteiger partial charge in [-0.3, -0.25) is 4.79 Å². The summed E-state index contributed by atoms with van der Waals surface area (Å²) in [5.41, 5.74) is 2.90. The number of likely N-dealkylation sites (tertiary alicyclic amines) is 1. The third-order valence-electron chi connectivity index (χ3n) is 6.42. The minimum Gasteiger partial charge on any atom is -0.339 e. The lowest BCUT2D eigenvalue weighted by Crippen LogP contribution is -2.37. The van der Waals surface area contributed by atoms with Gasteiger partial charge in [-0.25, -0.2) is 4.98 Å². The molecule has 2 heterocycles. The number of benzene rings is 2. The van der Waals surface area contributed by atoms with Crippen molar-refractivity contribution in [2.24, 2.45) is 0 Å². The fourth-order valence-electron chi connectivity index (χ4n) is 4.50. The first-order valence-electron chi connectivity index (χ1n) is 11.4. The molecule has 0 atom stereocenters. The second-order valence-corrected chi connectivity index (χ2v) is 8.86. The summed E-state index contributed by atoms with van der Waals surface area (Å²) in [4.78, 5) is 19.0. The van der Waals surface area contributed by atoms with Crippen LogP contribution in [0.1, 0.15) is 52.4 Å². The zero-order valence-corrected chi connectivity index (χ0v) is 19.3. The highest BCUT2D eigenvalue weighted by molar-refractivity contribution is 5.92. The molecule has 0 unspecified atom stereocenters. The van der Waals surface area contributed by atoms with Crippen LogP contribution in [0.15, 0.2) is 60.9 Å². The lowest BCUT2D eigenvalue weighted by molar-refractivity contribution is -0.138. The topological polar surface area (TPSA) is 38.1 Å². The predicted molar refractivity (Wildman–Crippen MR) is 126 cm³/mol. The minimum absolute atomic E-state index is 0.0261. The summed E-state index contributed by atoms with van der Waals surface area (Å²) in [6.45, 7) is 5.33. The number of nitrogens with zero attached hydrogens (tertiary/aromatic N) is 3. The molecule has 0 N–H and O–H groups in total. The quantitative estimate of drug-likeness (QED) is 0.433. The van der Waals surface area contributed by atoms with Crippen molar-refractivity contribution in [1.82, 2.24) is 14.5 Å². The molecule has 1 aliphatic heterocycles. The summed E-state index contributed by atoms with van der Waals surface area (Å²) in [5, 5.41) is 0. The number of halogens is 3. The molecule has 0 saturated carbocycles. The Morgan fingerprint density at radius 1 is 1.12 bits per heavy atom. The second kappa shape index (κ2) is 9.87. The predicted octanol–water partition coefficient (Wildman–Crippen LogP) is 5.99. The number of hydrogen-bond donors (Lipinski definition) is 0. The summed E-state index contributed by atoms with van der Waals surface area (Å²) in [7, 11) is 0. The van der Waals surface area contributed by atoms with E-state index in [2.05, 4.69) is 11.1 Å². The average Bonchev–Trinajstić information content (AvgIpc) is 3.27. The molecule has 1 fully saturated rings. The highest BCUT2D eigenvalue weighted by Gasteiger charge is 2.33. The third kappa shape index (κ3) is 5.41. The van der Waals surface area contributed by atoms with Crippen LogP contribution in [0.2, 0.25) is 0 Å². The Kier molecular flexibility index (Phi) is 6.91. The van der Waals surface area contributed by atoms with E-state index in [1.165, 1.54) is 12.1 Å². The smallest absolute Gasteiger partial charge is 0.339 e. The Bertz CT molecular complexity index is 1190. The number of carbonyl (C=O) groups is 1. The number of amides is 1. The van der Waals surface area contributed by atoms with Crippen molar-refractivity contribution in [2.45, 2.75) is 45.3 Å². The molecular formula is C27H28F3N3O. The monoisotopic (exact) mass is 467 g/mol. The van der Waals surface area contributed by atoms with E-state index in [4.69, 9.17) is 0 Å². The number of aromatic nitrogens is 2. The first-order valence-corrected chi connectivity index (χ1v) is 11.4. The summed E-state index contributed by atoms with van der Waals surface area (Å²) in [6.07, 6.45) is 3.90. The maximum atomic E-state index is 13.4. The summed E-state index contributed by atoms with van der Waals surface area (Å²) < 4.78 is 42.0. The van der Waals surface area contributed by atoms with E-state index < -0.39 is 11.7 Å². The van der Waals surface area contributed by atoms with Crippen LogP contribution < -0.4 is 0 Å². The van der Waals surface area contributed by atoms with Gasteiger partial charge in [0.25, 0.3) is 0 Å². The van der Waals surface area contributed by atoms with Gasteiger partial charge >= 0.3 is 6.18 Å². The number of hydrogen-bond acceptors (Lipinski definition) is 2. The maximum Gasteiger partial charge on any atom is 0.416 e. The highest BCUT2D eigenvalue weighted by Crippen LogP contribution is 2.33. The molecule has 4 nitrogen and oxygen atoms in total. The Hall–Kier alpha value is -3.35. The van der Waals surface area contributed by atoms with Crippen molar-refractivity contribution >= 4 is 12.0 Å². The van der Waals surface area contributed by atoms with E-state index in [1.54, 1.807) is 29.1 Å². The van der Waals surface area contributed by atoms with Crippen molar-refractivity contribution in [3.8, 4) is 0 Å². The Balaban J connectivity index is 1.40. The van der Waals surface area contributed by atoms with Crippen LogP contribution in [0, 0.1) is 13.8 Å². The first-order chi connectivity index (χ1) is 16.2. The standard InChI is InChI=1S/C27H28F3N3O/c1-19-7-8-20(2)22(17-19)9-10-25(34)32-14-11-21(12-15-32)26-31-13-16-33(26)18-23-5-3-4-6-24(23)27(28,29)30/h3-10,13,16-17,21H,11-12,14-15,18H2,1-2H3. The maximum absolute atomic E-state index is 13.4. The molecule has 3 aromatic rings. The van der Waals surface area contributed by atoms with Gasteiger partial charge < -0.3 is 9.47 Å². The minimum atomic E-state index is -4.40. The van der Waals surface area contributed by atoms with Crippen LogP contribution in [0.25, 0.3) is 6.08 Å². The molecule has 2 aromatic carbocycles. The van der Waals surface area contributed by atoms with E-state index in [9.17, 15) is 18.0 Å². The van der Waals surface area contributed by atoms with Gasteiger partial charge in [-0.1, -0.05) is 42.0 Å². The van der Waals surface area contributed by atoms with Gasteiger partial charge in [0.2, 0.25) is 5.91 Å². The lowest BCUT2D eigenvalue weighted by atomic mass is 9.95. The van der Waals surface area contributed by atoms with Gasteiger partial charge in [0.15, 0.2) is 0 Å². The molecule has 178 valence electrons. The molecule has 0 aliphatic carbocycles. The van der Waals surface area contributed by atoms with Crippen LogP contribution in [0.4, 0.5) is 13.2 Å². The normalized spacial score (nSPS) is 15.3. The molecular weight excluding hydrogens is 439 g/mol. The van der Waals surface area contributed by atoms with Crippen molar-refractivity contribution in [1.29, 1.82) is 0 Å². The van der Waals surface area contributed by atoms with Gasteiger partial charge in [0, 0.05) is 44.0 Å². The van der Waals surface area contributed by atoms with E-state index in [1.807, 2.05) is 37.0 Å². The van der Waals surface area contributed by atoms with Gasteiger partial charge in [0.05, 0.1) is 5.56 Å². The van der Waals surface area contributed by atoms with Crippen LogP contribution in [0.5, 0.6) is 0 Å². The molecule has 0 radical (unpaired) electrons. The summed E-state index contributed by atoms with van der Waals surface area (Å²) >= 11 is 0. The van der Waals surface area contributed by atoms with Crippen molar-refractivity contribution < 1.29 is 18.0 Å². The Morgan fingerprint density at radius 3 is 2.59 bits per heavy atom. The SMILES string of the molecule is Cc1ccc(C)c(C=CC(=O)N2CCC(c3nccn3Cc3ccccc3C(F)(F)F)CC2)c1. The highest BCUT2D eigenvalue weighted by atomic mass is 19.4. The number of rotatable bonds is 5. The number of piperidine rings is 1. The van der Waals surface area contributed by atoms with Gasteiger partial charge in [-0.05, 0) is 55.5 Å². The molecule has 7 heteroatoms. The van der Waals surface area contributed by atoms with Gasteiger partial charge in [0.1, 0.15) is 5.82 Å². The number of carbonyl (C=O) groups excluding carboxylic acids is 1. The fourth-order valence-corrected chi connectivity index (χ4v) is 4.50. The van der Waals surface area contributed by atoms with E-state index >= 15 is 0 Å².